The molecular weight excluding hydrogens is 312 g/mol. The molecule has 0 aliphatic rings. The van der Waals surface area contributed by atoms with Crippen LogP contribution in [0.5, 0.6) is 0 Å². The van der Waals surface area contributed by atoms with E-state index in [1.807, 2.05) is 30.6 Å². The number of hydrogen-bond donors (Lipinski definition) is 1. The Kier molecular flexibility index (Phi) is 2.97. The highest BCUT2D eigenvalue weighted by Crippen LogP contribution is 2.35. The van der Waals surface area contributed by atoms with Gasteiger partial charge < -0.3 is 5.11 Å². The highest BCUT2D eigenvalue weighted by Gasteiger charge is 2.20. The van der Waals surface area contributed by atoms with Crippen molar-refractivity contribution >= 4 is 37.4 Å². The molecule has 0 aliphatic heterocycles. The van der Waals surface area contributed by atoms with E-state index in [0.717, 1.165) is 21.1 Å². The van der Waals surface area contributed by atoms with Gasteiger partial charge >= 0.3 is 0 Å². The maximum absolute atomic E-state index is 10.5. The molecule has 0 bridgehead atoms. The number of aryl methyl sites for hydroxylation is 1. The van der Waals surface area contributed by atoms with E-state index in [2.05, 4.69) is 27.1 Å². The van der Waals surface area contributed by atoms with Crippen LogP contribution in [0, 0.1) is 0 Å². The monoisotopic (exact) mass is 322 g/mol. The van der Waals surface area contributed by atoms with Gasteiger partial charge in [-0.2, -0.15) is 5.10 Å². The molecule has 1 N–H and O–H groups in total. The van der Waals surface area contributed by atoms with E-state index in [1.54, 1.807) is 22.2 Å². The van der Waals surface area contributed by atoms with Gasteiger partial charge in [0.05, 0.1) is 16.4 Å². The van der Waals surface area contributed by atoms with E-state index >= 15 is 0 Å². The van der Waals surface area contributed by atoms with Crippen molar-refractivity contribution in [2.75, 3.05) is 0 Å². The largest absolute Gasteiger partial charge is 0.382 e. The van der Waals surface area contributed by atoms with Gasteiger partial charge in [0.1, 0.15) is 6.10 Å². The van der Waals surface area contributed by atoms with Gasteiger partial charge in [-0.1, -0.05) is 18.2 Å². The summed E-state index contributed by atoms with van der Waals surface area (Å²) in [5.41, 5.74) is 1.71. The van der Waals surface area contributed by atoms with E-state index in [-0.39, 0.29) is 0 Å². The minimum absolute atomic E-state index is 0.664. The minimum atomic E-state index is -0.664. The Morgan fingerprint density at radius 1 is 1.39 bits per heavy atom. The van der Waals surface area contributed by atoms with Crippen molar-refractivity contribution in [3.05, 3.63) is 51.6 Å². The van der Waals surface area contributed by atoms with Gasteiger partial charge in [-0.05, 0) is 32.8 Å². The summed E-state index contributed by atoms with van der Waals surface area (Å²) in [5, 5.41) is 17.8. The molecule has 0 saturated heterocycles. The lowest BCUT2D eigenvalue weighted by molar-refractivity contribution is 0.211. The van der Waals surface area contributed by atoms with Crippen LogP contribution in [0.3, 0.4) is 0 Å². The standard InChI is InChI=1S/C13H11BrN2OS/c1-16-12(10(14)6-15-16)13(17)9-7-18-11-5-3-2-4-8(9)11/h2-7,13,17H,1H3. The number of nitrogens with zero attached hydrogens (tertiary/aromatic N) is 2. The highest BCUT2D eigenvalue weighted by atomic mass is 79.9. The number of halogens is 1. The number of aliphatic hydroxyl groups excluding tert-OH is 1. The van der Waals surface area contributed by atoms with Crippen molar-refractivity contribution in [3.63, 3.8) is 0 Å². The van der Waals surface area contributed by atoms with Crippen LogP contribution in [0.1, 0.15) is 17.4 Å². The van der Waals surface area contributed by atoms with E-state index in [4.69, 9.17) is 0 Å². The Morgan fingerprint density at radius 2 is 2.17 bits per heavy atom. The molecule has 1 atom stereocenters. The molecule has 0 amide bonds. The number of fused-ring (bicyclic) bond motifs is 1. The Bertz CT molecular complexity index is 684. The van der Waals surface area contributed by atoms with Crippen LogP contribution >= 0.6 is 27.3 Å². The molecule has 5 heteroatoms. The summed E-state index contributed by atoms with van der Waals surface area (Å²) in [7, 11) is 1.83. The maximum Gasteiger partial charge on any atom is 0.123 e. The molecule has 2 heterocycles. The Balaban J connectivity index is 2.15. The second-order valence-corrected chi connectivity index (χ2v) is 5.86. The fourth-order valence-electron chi connectivity index (χ4n) is 2.09. The number of aromatic nitrogens is 2. The van der Waals surface area contributed by atoms with E-state index in [1.165, 1.54) is 4.70 Å². The summed E-state index contributed by atoms with van der Waals surface area (Å²) in [5.74, 6) is 0. The third-order valence-corrected chi connectivity index (χ3v) is 4.59. The fourth-order valence-corrected chi connectivity index (χ4v) is 3.63. The van der Waals surface area contributed by atoms with E-state index < -0.39 is 6.10 Å². The van der Waals surface area contributed by atoms with Gasteiger partial charge in [-0.3, -0.25) is 4.68 Å². The summed E-state index contributed by atoms with van der Waals surface area (Å²) in [4.78, 5) is 0. The van der Waals surface area contributed by atoms with Crippen molar-refractivity contribution in [2.24, 2.45) is 7.05 Å². The summed E-state index contributed by atoms with van der Waals surface area (Å²) >= 11 is 5.07. The number of thiophene rings is 1. The van der Waals surface area contributed by atoms with Crippen LogP contribution in [0.15, 0.2) is 40.3 Å². The first-order chi connectivity index (χ1) is 8.68. The minimum Gasteiger partial charge on any atom is -0.382 e. The summed E-state index contributed by atoms with van der Waals surface area (Å²) < 4.78 is 3.71. The predicted molar refractivity (Wildman–Crippen MR) is 76.8 cm³/mol. The van der Waals surface area contributed by atoms with Gasteiger partial charge in [0.15, 0.2) is 0 Å². The smallest absolute Gasteiger partial charge is 0.123 e. The van der Waals surface area contributed by atoms with Crippen LogP contribution in [-0.4, -0.2) is 14.9 Å². The lowest BCUT2D eigenvalue weighted by Crippen LogP contribution is -2.06. The van der Waals surface area contributed by atoms with Crippen molar-refractivity contribution in [3.8, 4) is 0 Å². The molecule has 1 unspecified atom stereocenters. The first kappa shape index (κ1) is 11.9. The molecule has 18 heavy (non-hydrogen) atoms. The molecule has 0 spiro atoms. The normalized spacial score (nSPS) is 13.1. The molecule has 0 fully saturated rings. The maximum atomic E-state index is 10.5. The van der Waals surface area contributed by atoms with Crippen LogP contribution in [0.25, 0.3) is 10.1 Å². The fraction of sp³-hybridized carbons (Fsp3) is 0.154. The zero-order valence-corrected chi connectivity index (χ0v) is 12.1. The van der Waals surface area contributed by atoms with Crippen LogP contribution in [0.4, 0.5) is 0 Å². The third kappa shape index (κ3) is 1.79. The van der Waals surface area contributed by atoms with Gasteiger partial charge in [0.2, 0.25) is 0 Å². The Hall–Kier alpha value is -1.17. The average Bonchev–Trinajstić information content (AvgIpc) is 2.93. The SMILES string of the molecule is Cn1ncc(Br)c1C(O)c1csc2ccccc12. The van der Waals surface area contributed by atoms with Crippen molar-refractivity contribution < 1.29 is 5.11 Å². The summed E-state index contributed by atoms with van der Waals surface area (Å²) in [6.07, 6.45) is 1.04. The molecule has 3 aromatic rings. The number of aliphatic hydroxyl groups is 1. The number of benzene rings is 1. The lowest BCUT2D eigenvalue weighted by Gasteiger charge is -2.11. The zero-order valence-electron chi connectivity index (χ0n) is 9.67. The molecule has 0 saturated carbocycles. The van der Waals surface area contributed by atoms with Crippen molar-refractivity contribution in [1.29, 1.82) is 0 Å². The number of hydrogen-bond acceptors (Lipinski definition) is 3. The Morgan fingerprint density at radius 3 is 2.89 bits per heavy atom. The summed E-state index contributed by atoms with van der Waals surface area (Å²) in [6, 6.07) is 8.10. The lowest BCUT2D eigenvalue weighted by atomic mass is 10.1. The topological polar surface area (TPSA) is 38.0 Å². The van der Waals surface area contributed by atoms with Gasteiger partial charge in [-0.25, -0.2) is 0 Å². The molecule has 92 valence electrons. The van der Waals surface area contributed by atoms with Gasteiger partial charge in [0, 0.05) is 17.3 Å². The molecule has 1 aromatic carbocycles. The molecule has 0 aliphatic carbocycles. The van der Waals surface area contributed by atoms with Crippen LogP contribution < -0.4 is 0 Å². The summed E-state index contributed by atoms with van der Waals surface area (Å²) in [6.45, 7) is 0. The van der Waals surface area contributed by atoms with E-state index in [0.29, 0.717) is 0 Å². The van der Waals surface area contributed by atoms with Crippen molar-refractivity contribution in [1.82, 2.24) is 9.78 Å². The predicted octanol–water partition coefficient (Wildman–Crippen LogP) is 3.48. The first-order valence-electron chi connectivity index (χ1n) is 5.50. The van der Waals surface area contributed by atoms with Crippen LogP contribution in [0.2, 0.25) is 0 Å². The van der Waals surface area contributed by atoms with Crippen molar-refractivity contribution in [2.45, 2.75) is 6.10 Å². The molecule has 0 radical (unpaired) electrons. The van der Waals surface area contributed by atoms with Gasteiger partial charge in [-0.15, -0.1) is 11.3 Å². The zero-order chi connectivity index (χ0) is 12.7. The molecule has 2 aromatic heterocycles. The van der Waals surface area contributed by atoms with E-state index in [9.17, 15) is 5.11 Å². The Labute approximate surface area is 117 Å². The molecule has 3 nitrogen and oxygen atoms in total. The average molecular weight is 323 g/mol. The number of rotatable bonds is 2. The highest BCUT2D eigenvalue weighted by molar-refractivity contribution is 9.10. The molecular formula is C13H11BrN2OS. The third-order valence-electron chi connectivity index (χ3n) is 3.00. The van der Waals surface area contributed by atoms with Crippen LogP contribution in [-0.2, 0) is 7.05 Å². The second kappa shape index (κ2) is 4.50. The first-order valence-corrected chi connectivity index (χ1v) is 7.17. The molecule has 3 rings (SSSR count). The quantitative estimate of drug-likeness (QED) is 0.784. The van der Waals surface area contributed by atoms with Gasteiger partial charge in [0.25, 0.3) is 0 Å². The second-order valence-electron chi connectivity index (χ2n) is 4.09.